The van der Waals surface area contributed by atoms with Crippen molar-refractivity contribution in [1.82, 2.24) is 19.4 Å². The molecule has 4 aromatic heterocycles. The predicted molar refractivity (Wildman–Crippen MR) is 140 cm³/mol. The molecule has 0 bridgehead atoms. The molecule has 4 heterocycles. The van der Waals surface area contributed by atoms with Crippen molar-refractivity contribution in [3.8, 4) is 22.3 Å². The maximum atomic E-state index is 5.03. The molecule has 4 nitrogen and oxygen atoms in total. The number of hydrogen-bond donors (Lipinski definition) is 0. The van der Waals surface area contributed by atoms with E-state index in [4.69, 9.17) is 9.97 Å². The largest absolute Gasteiger partial charge is 0.274 e. The highest BCUT2D eigenvalue weighted by molar-refractivity contribution is 6.19. The number of nitrogens with zero attached hydrogens (tertiary/aromatic N) is 4. The molecule has 0 fully saturated rings. The van der Waals surface area contributed by atoms with Crippen molar-refractivity contribution in [3.05, 3.63) is 107 Å². The fourth-order valence-electron chi connectivity index (χ4n) is 6.53. The highest BCUT2D eigenvalue weighted by atomic mass is 15.1. The lowest BCUT2D eigenvalue weighted by molar-refractivity contribution is 1.16. The van der Waals surface area contributed by atoms with Crippen molar-refractivity contribution in [1.29, 1.82) is 0 Å². The summed E-state index contributed by atoms with van der Waals surface area (Å²) < 4.78 is 2.17. The number of benzene rings is 3. The molecule has 0 radical (unpaired) electrons. The molecule has 0 unspecified atom stereocenters. The zero-order valence-electron chi connectivity index (χ0n) is 18.8. The molecule has 35 heavy (non-hydrogen) atoms. The molecule has 0 aliphatic heterocycles. The van der Waals surface area contributed by atoms with Gasteiger partial charge in [0.2, 0.25) is 0 Å². The minimum Gasteiger partial charge on any atom is -0.274 e. The Balaban J connectivity index is 1.44. The first kappa shape index (κ1) is 17.8. The normalized spacial score (nSPS) is 13.5. The SMILES string of the molecule is c1ccc2c(c1)Cc1c-2ccc2c1Cc1ccc3c(c1-2)c1ncccc1n1c2ncccc2nc31. The van der Waals surface area contributed by atoms with Crippen LogP contribution in [0.4, 0.5) is 0 Å². The van der Waals surface area contributed by atoms with Gasteiger partial charge in [-0.2, -0.15) is 0 Å². The zero-order valence-corrected chi connectivity index (χ0v) is 18.8. The van der Waals surface area contributed by atoms with Gasteiger partial charge in [0, 0.05) is 23.2 Å². The first-order chi connectivity index (χ1) is 17.4. The highest BCUT2D eigenvalue weighted by Gasteiger charge is 2.30. The first-order valence-electron chi connectivity index (χ1n) is 12.1. The van der Waals surface area contributed by atoms with Crippen molar-refractivity contribution in [2.75, 3.05) is 0 Å². The number of rotatable bonds is 0. The van der Waals surface area contributed by atoms with Crippen LogP contribution < -0.4 is 0 Å². The van der Waals surface area contributed by atoms with Gasteiger partial charge in [0.15, 0.2) is 5.65 Å². The number of hydrogen-bond acceptors (Lipinski definition) is 3. The molecule has 4 heteroatoms. The second kappa shape index (κ2) is 6.10. The summed E-state index contributed by atoms with van der Waals surface area (Å²) in [4.78, 5) is 14.6. The van der Waals surface area contributed by atoms with Crippen LogP contribution >= 0.6 is 0 Å². The lowest BCUT2D eigenvalue weighted by Crippen LogP contribution is -1.96. The van der Waals surface area contributed by atoms with E-state index in [-0.39, 0.29) is 0 Å². The third kappa shape index (κ3) is 2.11. The molecular formula is C31H18N4. The van der Waals surface area contributed by atoms with Crippen molar-refractivity contribution >= 4 is 38.6 Å². The summed E-state index contributed by atoms with van der Waals surface area (Å²) in [6, 6.07) is 26.2. The molecule has 7 aromatic rings. The fourth-order valence-corrected chi connectivity index (χ4v) is 6.53. The molecule has 0 amide bonds. The third-order valence-corrected chi connectivity index (χ3v) is 7.96. The van der Waals surface area contributed by atoms with E-state index in [9.17, 15) is 0 Å². The van der Waals surface area contributed by atoms with Crippen LogP contribution in [-0.4, -0.2) is 19.4 Å². The minimum absolute atomic E-state index is 0.874. The number of fused-ring (bicyclic) bond motifs is 16. The van der Waals surface area contributed by atoms with Crippen molar-refractivity contribution < 1.29 is 0 Å². The van der Waals surface area contributed by atoms with Crippen LogP contribution in [0.1, 0.15) is 22.3 Å². The Hall–Kier alpha value is -4.57. The Kier molecular flexibility index (Phi) is 3.11. The maximum absolute atomic E-state index is 5.03. The monoisotopic (exact) mass is 446 g/mol. The number of pyridine rings is 3. The molecule has 2 aliphatic rings. The van der Waals surface area contributed by atoms with Gasteiger partial charge in [0.25, 0.3) is 0 Å². The van der Waals surface area contributed by atoms with Crippen LogP contribution in [-0.2, 0) is 12.8 Å². The van der Waals surface area contributed by atoms with Crippen LogP contribution in [0.3, 0.4) is 0 Å². The summed E-state index contributed by atoms with van der Waals surface area (Å²) in [6.45, 7) is 0. The number of imidazole rings is 1. The lowest BCUT2D eigenvalue weighted by Gasteiger charge is -2.13. The fraction of sp³-hybridized carbons (Fsp3) is 0.0645. The van der Waals surface area contributed by atoms with Crippen LogP contribution in [0, 0.1) is 0 Å². The number of aromatic nitrogens is 4. The van der Waals surface area contributed by atoms with Crippen LogP contribution in [0.5, 0.6) is 0 Å². The third-order valence-electron chi connectivity index (χ3n) is 7.96. The lowest BCUT2D eigenvalue weighted by atomic mass is 9.94. The second-order valence-electron chi connectivity index (χ2n) is 9.64. The van der Waals surface area contributed by atoms with Crippen molar-refractivity contribution in [3.63, 3.8) is 0 Å². The van der Waals surface area contributed by atoms with Gasteiger partial charge >= 0.3 is 0 Å². The maximum Gasteiger partial charge on any atom is 0.165 e. The van der Waals surface area contributed by atoms with Gasteiger partial charge in [0.1, 0.15) is 11.2 Å². The van der Waals surface area contributed by atoms with E-state index in [0.29, 0.717) is 0 Å². The summed E-state index contributed by atoms with van der Waals surface area (Å²) in [5.41, 5.74) is 16.0. The first-order valence-corrected chi connectivity index (χ1v) is 12.1. The van der Waals surface area contributed by atoms with Gasteiger partial charge in [-0.05, 0) is 81.6 Å². The molecule has 0 saturated heterocycles. The molecule has 0 spiro atoms. The molecule has 0 saturated carbocycles. The summed E-state index contributed by atoms with van der Waals surface area (Å²) in [5.74, 6) is 0. The van der Waals surface area contributed by atoms with Crippen LogP contribution in [0.15, 0.2) is 85.2 Å². The van der Waals surface area contributed by atoms with Crippen LogP contribution in [0.25, 0.3) is 60.9 Å². The van der Waals surface area contributed by atoms with E-state index in [0.717, 1.165) is 46.1 Å². The molecule has 2 aliphatic carbocycles. The Morgan fingerprint density at radius 2 is 1.46 bits per heavy atom. The van der Waals surface area contributed by atoms with E-state index in [2.05, 4.69) is 64.0 Å². The van der Waals surface area contributed by atoms with Gasteiger partial charge in [-0.3, -0.25) is 9.38 Å². The average Bonchev–Trinajstić information content (AvgIpc) is 3.59. The quantitative estimate of drug-likeness (QED) is 0.243. The summed E-state index contributed by atoms with van der Waals surface area (Å²) >= 11 is 0. The van der Waals surface area contributed by atoms with Gasteiger partial charge < -0.3 is 0 Å². The van der Waals surface area contributed by atoms with Gasteiger partial charge in [-0.1, -0.05) is 48.5 Å². The molecule has 162 valence electrons. The Labute approximate surface area is 200 Å². The van der Waals surface area contributed by atoms with Crippen molar-refractivity contribution in [2.45, 2.75) is 12.8 Å². The molecule has 0 atom stereocenters. The molecule has 0 N–H and O–H groups in total. The Morgan fingerprint density at radius 3 is 2.46 bits per heavy atom. The van der Waals surface area contributed by atoms with E-state index >= 15 is 0 Å². The highest BCUT2D eigenvalue weighted by Crippen LogP contribution is 2.49. The smallest absolute Gasteiger partial charge is 0.165 e. The van der Waals surface area contributed by atoms with Crippen molar-refractivity contribution in [2.24, 2.45) is 0 Å². The van der Waals surface area contributed by atoms with E-state index < -0.39 is 0 Å². The average molecular weight is 447 g/mol. The molecular weight excluding hydrogens is 428 g/mol. The van der Waals surface area contributed by atoms with E-state index in [1.54, 1.807) is 0 Å². The zero-order chi connectivity index (χ0) is 22.7. The van der Waals surface area contributed by atoms with Gasteiger partial charge in [-0.15, -0.1) is 0 Å². The summed E-state index contributed by atoms with van der Waals surface area (Å²) in [6.07, 6.45) is 5.71. The van der Waals surface area contributed by atoms with E-state index in [1.165, 1.54) is 49.9 Å². The minimum atomic E-state index is 0.874. The second-order valence-corrected chi connectivity index (χ2v) is 9.64. The Bertz CT molecular complexity index is 2070. The standard InChI is InChI=1S/C31H18N4/c1-2-6-19-17(5-1)15-23-20(19)11-12-21-24(23)16-18-9-10-22-28(27(18)21)29-26(8-4-13-32-29)35-30(22)34-25-7-3-14-33-31(25)35/h1-14H,15-16H2. The molecule has 3 aromatic carbocycles. The topological polar surface area (TPSA) is 43.1 Å². The van der Waals surface area contributed by atoms with E-state index in [1.807, 2.05) is 30.6 Å². The predicted octanol–water partition coefficient (Wildman–Crippen LogP) is 6.73. The Morgan fingerprint density at radius 1 is 0.629 bits per heavy atom. The van der Waals surface area contributed by atoms with Gasteiger partial charge in [-0.25, -0.2) is 9.97 Å². The van der Waals surface area contributed by atoms with Gasteiger partial charge in [0.05, 0.1) is 11.0 Å². The van der Waals surface area contributed by atoms with Crippen LogP contribution in [0.2, 0.25) is 0 Å². The molecule has 9 rings (SSSR count). The summed E-state index contributed by atoms with van der Waals surface area (Å²) in [7, 11) is 0. The summed E-state index contributed by atoms with van der Waals surface area (Å²) in [5, 5.41) is 2.33.